The van der Waals surface area contributed by atoms with E-state index in [1.165, 1.54) is 0 Å². The van der Waals surface area contributed by atoms with Crippen LogP contribution < -0.4 is 5.73 Å². The van der Waals surface area contributed by atoms with E-state index < -0.39 is 9.84 Å². The van der Waals surface area contributed by atoms with Crippen molar-refractivity contribution in [3.63, 3.8) is 0 Å². The number of hydrogen-bond donors (Lipinski definition) is 1. The Morgan fingerprint density at radius 1 is 1.33 bits per heavy atom. The molecule has 0 heterocycles. The van der Waals surface area contributed by atoms with Gasteiger partial charge in [-0.2, -0.15) is 0 Å². The van der Waals surface area contributed by atoms with E-state index in [1.807, 2.05) is 0 Å². The molecule has 2 N–H and O–H groups in total. The first-order chi connectivity index (χ1) is 7.05. The van der Waals surface area contributed by atoms with Crippen LogP contribution in [0.1, 0.15) is 6.42 Å². The van der Waals surface area contributed by atoms with Gasteiger partial charge in [-0.05, 0) is 43.1 Å². The van der Waals surface area contributed by atoms with Gasteiger partial charge in [-0.25, -0.2) is 8.42 Å². The molecule has 1 aliphatic carbocycles. The van der Waals surface area contributed by atoms with Gasteiger partial charge in [0.15, 0.2) is 9.84 Å². The Bertz CT molecular complexity index is 455. The molecule has 0 aliphatic heterocycles. The second-order valence-corrected chi connectivity index (χ2v) is 6.37. The lowest BCUT2D eigenvalue weighted by Crippen LogP contribution is -2.13. The van der Waals surface area contributed by atoms with Gasteiger partial charge in [-0.1, -0.05) is 11.6 Å². The summed E-state index contributed by atoms with van der Waals surface area (Å²) < 4.78 is 24.0. The van der Waals surface area contributed by atoms with Crippen LogP contribution in [-0.2, 0) is 9.84 Å². The fraction of sp³-hybridized carbons (Fsp3) is 0.400. The molecule has 0 bridgehead atoms. The third-order valence-corrected chi connectivity index (χ3v) is 5.26. The topological polar surface area (TPSA) is 60.2 Å². The largest absolute Gasteiger partial charge is 0.330 e. The molecule has 3 nitrogen and oxygen atoms in total. The van der Waals surface area contributed by atoms with Gasteiger partial charge in [-0.3, -0.25) is 0 Å². The lowest BCUT2D eigenvalue weighted by Gasteiger charge is -2.03. The fourth-order valence-corrected chi connectivity index (χ4v) is 3.76. The molecule has 1 saturated carbocycles. The van der Waals surface area contributed by atoms with Crippen LogP contribution in [0.25, 0.3) is 0 Å². The predicted octanol–water partition coefficient (Wildman–Crippen LogP) is 1.46. The minimum Gasteiger partial charge on any atom is -0.330 e. The molecule has 0 saturated heterocycles. The summed E-state index contributed by atoms with van der Waals surface area (Å²) in [6, 6.07) is 6.27. The molecule has 1 aromatic rings. The SMILES string of the molecule is NC[C@@H]1C[C@@H]1S(=O)(=O)c1ccc(Cl)cc1. The van der Waals surface area contributed by atoms with Crippen LogP contribution in [0, 0.1) is 5.92 Å². The highest BCUT2D eigenvalue weighted by atomic mass is 35.5. The third-order valence-electron chi connectivity index (χ3n) is 2.70. The first kappa shape index (κ1) is 10.9. The van der Waals surface area contributed by atoms with E-state index in [2.05, 4.69) is 0 Å². The van der Waals surface area contributed by atoms with Crippen LogP contribution in [0.5, 0.6) is 0 Å². The molecule has 1 aromatic carbocycles. The lowest BCUT2D eigenvalue weighted by atomic mass is 10.4. The van der Waals surface area contributed by atoms with Gasteiger partial charge >= 0.3 is 0 Å². The van der Waals surface area contributed by atoms with Crippen molar-refractivity contribution in [2.45, 2.75) is 16.6 Å². The van der Waals surface area contributed by atoms with E-state index in [0.29, 0.717) is 22.9 Å². The second-order valence-electron chi connectivity index (χ2n) is 3.77. The van der Waals surface area contributed by atoms with Gasteiger partial charge in [0.05, 0.1) is 10.1 Å². The molecule has 82 valence electrons. The summed E-state index contributed by atoms with van der Waals surface area (Å²) >= 11 is 5.70. The maximum atomic E-state index is 12.0. The number of halogens is 1. The smallest absolute Gasteiger partial charge is 0.181 e. The highest BCUT2D eigenvalue weighted by Gasteiger charge is 2.46. The Labute approximate surface area is 94.2 Å². The molecule has 0 unspecified atom stereocenters. The Kier molecular flexibility index (Phi) is 2.75. The monoisotopic (exact) mass is 245 g/mol. The summed E-state index contributed by atoms with van der Waals surface area (Å²) in [5, 5.41) is 0.254. The van der Waals surface area contributed by atoms with Crippen LogP contribution in [0.3, 0.4) is 0 Å². The highest BCUT2D eigenvalue weighted by Crippen LogP contribution is 2.39. The molecule has 0 amide bonds. The Hall–Kier alpha value is -0.580. The van der Waals surface area contributed by atoms with E-state index in [1.54, 1.807) is 24.3 Å². The second kappa shape index (κ2) is 3.77. The number of benzene rings is 1. The summed E-state index contributed by atoms with van der Waals surface area (Å²) in [5.74, 6) is 0.130. The fourth-order valence-electron chi connectivity index (χ4n) is 1.65. The van der Waals surface area contributed by atoms with Crippen molar-refractivity contribution in [3.05, 3.63) is 29.3 Å². The molecule has 0 aromatic heterocycles. The Morgan fingerprint density at radius 2 is 1.93 bits per heavy atom. The summed E-state index contributed by atoms with van der Waals surface area (Å²) in [7, 11) is -3.18. The highest BCUT2D eigenvalue weighted by molar-refractivity contribution is 7.92. The van der Waals surface area contributed by atoms with Gasteiger partial charge in [0, 0.05) is 5.02 Å². The molecule has 0 spiro atoms. The average molecular weight is 246 g/mol. The van der Waals surface area contributed by atoms with Crippen molar-refractivity contribution in [1.29, 1.82) is 0 Å². The summed E-state index contributed by atoms with van der Waals surface area (Å²) in [5.41, 5.74) is 5.44. The quantitative estimate of drug-likeness (QED) is 0.877. The van der Waals surface area contributed by atoms with Crippen LogP contribution in [-0.4, -0.2) is 20.2 Å². The van der Waals surface area contributed by atoms with Crippen molar-refractivity contribution in [3.8, 4) is 0 Å². The molecule has 15 heavy (non-hydrogen) atoms. The molecule has 1 fully saturated rings. The molecular formula is C10H12ClNO2S. The number of rotatable bonds is 3. The summed E-state index contributed by atoms with van der Waals surface area (Å²) in [6.07, 6.45) is 0.682. The molecule has 1 aliphatic rings. The first-order valence-electron chi connectivity index (χ1n) is 4.75. The predicted molar refractivity (Wildman–Crippen MR) is 59.6 cm³/mol. The zero-order valence-corrected chi connectivity index (χ0v) is 9.63. The van der Waals surface area contributed by atoms with Crippen LogP contribution >= 0.6 is 11.6 Å². The van der Waals surface area contributed by atoms with Crippen molar-refractivity contribution >= 4 is 21.4 Å². The van der Waals surface area contributed by atoms with E-state index in [-0.39, 0.29) is 11.2 Å². The average Bonchev–Trinajstić information content (AvgIpc) is 2.98. The first-order valence-corrected chi connectivity index (χ1v) is 6.67. The zero-order valence-electron chi connectivity index (χ0n) is 8.06. The number of nitrogens with two attached hydrogens (primary N) is 1. The van der Waals surface area contributed by atoms with Gasteiger partial charge < -0.3 is 5.73 Å². The van der Waals surface area contributed by atoms with Crippen molar-refractivity contribution < 1.29 is 8.42 Å². The third kappa shape index (κ3) is 2.02. The van der Waals surface area contributed by atoms with Crippen molar-refractivity contribution in [2.75, 3.05) is 6.54 Å². The van der Waals surface area contributed by atoms with E-state index >= 15 is 0 Å². The molecular weight excluding hydrogens is 234 g/mol. The van der Waals surface area contributed by atoms with Gasteiger partial charge in [0.1, 0.15) is 0 Å². The van der Waals surface area contributed by atoms with Crippen LogP contribution in [0.2, 0.25) is 5.02 Å². The van der Waals surface area contributed by atoms with Crippen molar-refractivity contribution in [1.82, 2.24) is 0 Å². The standard InChI is InChI=1S/C10H12ClNO2S/c11-8-1-3-9(4-2-8)15(13,14)10-5-7(10)6-12/h1-4,7,10H,5-6,12H2/t7-,10-/m0/s1. The van der Waals surface area contributed by atoms with Crippen molar-refractivity contribution in [2.24, 2.45) is 11.7 Å². The molecule has 0 radical (unpaired) electrons. The minimum absolute atomic E-state index is 0.130. The molecule has 2 rings (SSSR count). The Balaban J connectivity index is 2.27. The maximum Gasteiger partial charge on any atom is 0.181 e. The maximum absolute atomic E-state index is 12.0. The lowest BCUT2D eigenvalue weighted by molar-refractivity contribution is 0.592. The van der Waals surface area contributed by atoms with Gasteiger partial charge in [-0.15, -0.1) is 0 Å². The molecule has 2 atom stereocenters. The minimum atomic E-state index is -3.18. The zero-order chi connectivity index (χ0) is 11.1. The van der Waals surface area contributed by atoms with Crippen LogP contribution in [0.15, 0.2) is 29.2 Å². The van der Waals surface area contributed by atoms with E-state index in [9.17, 15) is 8.42 Å². The number of sulfone groups is 1. The van der Waals surface area contributed by atoms with Gasteiger partial charge in [0.25, 0.3) is 0 Å². The normalized spacial score (nSPS) is 25.2. The van der Waals surface area contributed by atoms with E-state index in [4.69, 9.17) is 17.3 Å². The molecule has 5 heteroatoms. The van der Waals surface area contributed by atoms with E-state index in [0.717, 1.165) is 0 Å². The summed E-state index contributed by atoms with van der Waals surface area (Å²) in [4.78, 5) is 0.341. The van der Waals surface area contributed by atoms with Gasteiger partial charge in [0.2, 0.25) is 0 Å². The summed E-state index contributed by atoms with van der Waals surface area (Å²) in [6.45, 7) is 0.442. The Morgan fingerprint density at radius 3 is 2.40 bits per heavy atom. The van der Waals surface area contributed by atoms with Crippen LogP contribution in [0.4, 0.5) is 0 Å². The number of hydrogen-bond acceptors (Lipinski definition) is 3.